The minimum atomic E-state index is -2.63. The topological polar surface area (TPSA) is 107 Å². The first-order valence-electron chi connectivity index (χ1n) is 18.6. The minimum Gasteiger partial charge on any atom is -0.374 e. The van der Waals surface area contributed by atoms with Crippen LogP contribution in [0.1, 0.15) is 101 Å². The lowest BCUT2D eigenvalue weighted by atomic mass is 10.2. The van der Waals surface area contributed by atoms with Gasteiger partial charge in [-0.05, 0) is 94.7 Å². The fourth-order valence-corrected chi connectivity index (χ4v) is 15.4. The summed E-state index contributed by atoms with van der Waals surface area (Å²) >= 11 is 0. The third-order valence-corrected chi connectivity index (χ3v) is 18.9. The van der Waals surface area contributed by atoms with Gasteiger partial charge in [0.2, 0.25) is 0 Å². The van der Waals surface area contributed by atoms with Crippen LogP contribution < -0.4 is 10.6 Å². The van der Waals surface area contributed by atoms with Crippen molar-refractivity contribution in [2.45, 2.75) is 131 Å². The summed E-state index contributed by atoms with van der Waals surface area (Å²) in [5.74, 6) is 0.360. The predicted molar refractivity (Wildman–Crippen MR) is 197 cm³/mol. The summed E-state index contributed by atoms with van der Waals surface area (Å²) in [6.45, 7) is 25.5. The first-order valence-corrected chi connectivity index (χ1v) is 26.2. The maximum absolute atomic E-state index is 6.07. The molecule has 0 aromatic carbocycles. The summed E-state index contributed by atoms with van der Waals surface area (Å²) in [6.07, 6.45) is 6.66. The van der Waals surface area contributed by atoms with Gasteiger partial charge in [0.1, 0.15) is 0 Å². The standard InChI is InChI=1S/C31H74N2O9Si4/c1-10-34-44(35-11-2,36-12-3)28-22-20-19-21-27-43-31(32-25-23-29-45(37-13-4,38-14-5)39-15-6)33-26-24-30-46(40-16-7,41-17-8)42-18-9/h31-33H,10-30,43H2,1-9H3. The third-order valence-electron chi connectivity index (χ3n) is 7.35. The highest BCUT2D eigenvalue weighted by atomic mass is 28.4. The van der Waals surface area contributed by atoms with Crippen LogP contribution in [0.15, 0.2) is 0 Å². The lowest BCUT2D eigenvalue weighted by Crippen LogP contribution is -2.50. The summed E-state index contributed by atoms with van der Waals surface area (Å²) in [7, 11) is -8.19. The van der Waals surface area contributed by atoms with E-state index < -0.39 is 35.9 Å². The van der Waals surface area contributed by atoms with Crippen LogP contribution >= 0.6 is 0 Å². The van der Waals surface area contributed by atoms with E-state index in [1.54, 1.807) is 0 Å². The number of hydrogen-bond acceptors (Lipinski definition) is 11. The van der Waals surface area contributed by atoms with Gasteiger partial charge in [-0.15, -0.1) is 0 Å². The predicted octanol–water partition coefficient (Wildman–Crippen LogP) is 5.52. The van der Waals surface area contributed by atoms with Crippen molar-refractivity contribution in [2.24, 2.45) is 0 Å². The molecule has 0 spiro atoms. The van der Waals surface area contributed by atoms with Crippen molar-refractivity contribution in [1.29, 1.82) is 0 Å². The SMILES string of the molecule is CCO[Si](CCCCCC[SiH2]C(NCCC[Si](OCC)(OCC)OCC)NCCC[Si](OCC)(OCC)OCC)(OCC)OCC. The molecule has 0 aliphatic carbocycles. The second kappa shape index (κ2) is 30.3. The Labute approximate surface area is 289 Å². The van der Waals surface area contributed by atoms with Gasteiger partial charge >= 0.3 is 26.4 Å². The molecule has 0 aliphatic heterocycles. The average molecular weight is 731 g/mol. The molecule has 0 saturated carbocycles. The summed E-state index contributed by atoms with van der Waals surface area (Å²) in [5, 5.41) is 7.67. The van der Waals surface area contributed by atoms with Crippen molar-refractivity contribution in [3.8, 4) is 0 Å². The number of nitrogens with one attached hydrogen (secondary N) is 2. The van der Waals surface area contributed by atoms with E-state index in [1.165, 1.54) is 25.3 Å². The zero-order valence-corrected chi connectivity index (χ0v) is 35.7. The Morgan fingerprint density at radius 2 is 0.674 bits per heavy atom. The first kappa shape index (κ1) is 46.4. The third kappa shape index (κ3) is 20.8. The Morgan fingerprint density at radius 3 is 0.978 bits per heavy atom. The van der Waals surface area contributed by atoms with Gasteiger partial charge in [-0.2, -0.15) is 0 Å². The van der Waals surface area contributed by atoms with Crippen LogP contribution in [-0.2, 0) is 39.8 Å². The van der Waals surface area contributed by atoms with E-state index in [0.29, 0.717) is 65.3 Å². The smallest absolute Gasteiger partial charge is 0.374 e. The summed E-state index contributed by atoms with van der Waals surface area (Å²) in [5.41, 5.74) is 0. The lowest BCUT2D eigenvalue weighted by Gasteiger charge is -2.29. The van der Waals surface area contributed by atoms with Crippen LogP contribution in [0.5, 0.6) is 0 Å². The minimum absolute atomic E-state index is 0.360. The second-order valence-electron chi connectivity index (χ2n) is 10.9. The Bertz CT molecular complexity index is 592. The number of hydrogen-bond donors (Lipinski definition) is 2. The molecule has 2 N–H and O–H groups in total. The summed E-state index contributed by atoms with van der Waals surface area (Å²) < 4.78 is 54.5. The molecule has 0 aliphatic rings. The van der Waals surface area contributed by atoms with Crippen LogP contribution in [0.3, 0.4) is 0 Å². The van der Waals surface area contributed by atoms with Gasteiger partial charge in [-0.25, -0.2) is 0 Å². The molecule has 0 fully saturated rings. The maximum atomic E-state index is 6.07. The van der Waals surface area contributed by atoms with Crippen LogP contribution in [0.4, 0.5) is 0 Å². The zero-order chi connectivity index (χ0) is 34.4. The Hall–Kier alpha value is 0.428. The molecule has 0 aromatic rings. The van der Waals surface area contributed by atoms with Crippen LogP contribution in [0, 0.1) is 0 Å². The van der Waals surface area contributed by atoms with E-state index in [1.807, 2.05) is 62.3 Å². The monoisotopic (exact) mass is 730 g/mol. The molecule has 15 heteroatoms. The van der Waals surface area contributed by atoms with Gasteiger partial charge in [0.25, 0.3) is 0 Å². The van der Waals surface area contributed by atoms with Crippen molar-refractivity contribution in [1.82, 2.24) is 10.6 Å². The molecule has 11 nitrogen and oxygen atoms in total. The summed E-state index contributed by atoms with van der Waals surface area (Å²) in [4.78, 5) is 0. The van der Waals surface area contributed by atoms with Gasteiger partial charge in [-0.3, -0.25) is 0 Å². The first-order chi connectivity index (χ1) is 22.3. The highest BCUT2D eigenvalue weighted by Gasteiger charge is 2.41. The van der Waals surface area contributed by atoms with Gasteiger partial charge in [-0.1, -0.05) is 25.3 Å². The molecule has 278 valence electrons. The molecular formula is C31H74N2O9Si4. The molecule has 0 radical (unpaired) electrons. The average Bonchev–Trinajstić information content (AvgIpc) is 3.01. The quantitative estimate of drug-likeness (QED) is 0.0484. The lowest BCUT2D eigenvalue weighted by molar-refractivity contribution is 0.0698. The molecule has 0 unspecified atom stereocenters. The zero-order valence-electron chi connectivity index (χ0n) is 31.3. The van der Waals surface area contributed by atoms with Crippen molar-refractivity contribution >= 4 is 35.9 Å². The highest BCUT2D eigenvalue weighted by Crippen LogP contribution is 2.21. The molecular weight excluding hydrogens is 657 g/mol. The van der Waals surface area contributed by atoms with E-state index >= 15 is 0 Å². The van der Waals surface area contributed by atoms with Gasteiger partial charge in [0.15, 0.2) is 0 Å². The van der Waals surface area contributed by atoms with E-state index in [4.69, 9.17) is 39.8 Å². The molecule has 0 amide bonds. The molecule has 0 aromatic heterocycles. The normalized spacial score (nSPS) is 13.2. The van der Waals surface area contributed by atoms with E-state index in [-0.39, 0.29) is 0 Å². The maximum Gasteiger partial charge on any atom is 0.500 e. The van der Waals surface area contributed by atoms with Crippen molar-refractivity contribution in [3.05, 3.63) is 0 Å². The van der Waals surface area contributed by atoms with E-state index in [0.717, 1.165) is 50.5 Å². The van der Waals surface area contributed by atoms with Crippen LogP contribution in [0.25, 0.3) is 0 Å². The fourth-order valence-electron chi connectivity index (χ4n) is 5.66. The molecule has 0 bridgehead atoms. The second-order valence-corrected chi connectivity index (χ2v) is 21.2. The molecule has 0 atom stereocenters. The number of unbranched alkanes of at least 4 members (excludes halogenated alkanes) is 3. The molecule has 0 rings (SSSR count). The Kier molecular flexibility index (Phi) is 30.5. The molecule has 0 heterocycles. The molecule has 0 saturated heterocycles. The molecule has 46 heavy (non-hydrogen) atoms. The van der Waals surface area contributed by atoms with Crippen molar-refractivity contribution < 1.29 is 39.8 Å². The Morgan fingerprint density at radius 1 is 0.391 bits per heavy atom. The number of rotatable bonds is 36. The van der Waals surface area contributed by atoms with E-state index in [2.05, 4.69) is 10.6 Å². The van der Waals surface area contributed by atoms with E-state index in [9.17, 15) is 0 Å². The van der Waals surface area contributed by atoms with Gasteiger partial charge < -0.3 is 50.5 Å². The van der Waals surface area contributed by atoms with Gasteiger partial charge in [0, 0.05) is 83.4 Å². The van der Waals surface area contributed by atoms with Crippen LogP contribution in [-0.4, -0.2) is 114 Å². The largest absolute Gasteiger partial charge is 0.500 e. The van der Waals surface area contributed by atoms with Crippen LogP contribution in [0.2, 0.25) is 24.2 Å². The Balaban J connectivity index is 5.04. The summed E-state index contributed by atoms with van der Waals surface area (Å²) in [6, 6.07) is 3.84. The fraction of sp³-hybridized carbons (Fsp3) is 1.00. The van der Waals surface area contributed by atoms with Crippen molar-refractivity contribution in [2.75, 3.05) is 72.6 Å². The van der Waals surface area contributed by atoms with Gasteiger partial charge in [0.05, 0.1) is 9.52 Å². The van der Waals surface area contributed by atoms with Crippen molar-refractivity contribution in [3.63, 3.8) is 0 Å². The highest BCUT2D eigenvalue weighted by molar-refractivity contribution is 6.61.